The molecule has 0 aliphatic carbocycles. The van der Waals surface area contributed by atoms with Gasteiger partial charge in [0.25, 0.3) is 0 Å². The summed E-state index contributed by atoms with van der Waals surface area (Å²) in [6.45, 7) is 2.05. The zero-order chi connectivity index (χ0) is 21.8. The monoisotopic (exact) mass is 447 g/mol. The van der Waals surface area contributed by atoms with Gasteiger partial charge in [0.1, 0.15) is 5.82 Å². The van der Waals surface area contributed by atoms with Crippen molar-refractivity contribution in [2.24, 2.45) is 0 Å². The lowest BCUT2D eigenvalue weighted by atomic mass is 10.1. The third kappa shape index (κ3) is 4.77. The molecular formula is C22H22FNO4S2. The molecule has 0 unspecified atom stereocenters. The highest BCUT2D eigenvalue weighted by atomic mass is 32.2. The molecule has 5 nitrogen and oxygen atoms in total. The van der Waals surface area contributed by atoms with Crippen LogP contribution in [0.5, 0.6) is 0 Å². The van der Waals surface area contributed by atoms with E-state index in [1.165, 1.54) is 52.8 Å². The maximum atomic E-state index is 13.4. The first-order valence-electron chi connectivity index (χ1n) is 9.40. The van der Waals surface area contributed by atoms with Crippen molar-refractivity contribution in [3.05, 3.63) is 90.2 Å². The summed E-state index contributed by atoms with van der Waals surface area (Å²) in [5.74, 6) is -0.378. The van der Waals surface area contributed by atoms with E-state index in [0.29, 0.717) is 12.0 Å². The number of sulfone groups is 1. The molecule has 0 bridgehead atoms. The van der Waals surface area contributed by atoms with E-state index in [9.17, 15) is 21.2 Å². The van der Waals surface area contributed by atoms with E-state index in [0.717, 1.165) is 0 Å². The maximum Gasteiger partial charge on any atom is 0.243 e. The number of sulfonamides is 1. The minimum Gasteiger partial charge on any atom is -0.219 e. The lowest BCUT2D eigenvalue weighted by Gasteiger charge is -2.21. The molecule has 0 spiro atoms. The largest absolute Gasteiger partial charge is 0.243 e. The molecule has 0 radical (unpaired) electrons. The molecule has 3 aromatic rings. The van der Waals surface area contributed by atoms with Crippen LogP contribution in [0.2, 0.25) is 0 Å². The average Bonchev–Trinajstić information content (AvgIpc) is 2.75. The molecular weight excluding hydrogens is 425 g/mol. The van der Waals surface area contributed by atoms with Gasteiger partial charge in [0.05, 0.1) is 14.7 Å². The highest BCUT2D eigenvalue weighted by Crippen LogP contribution is 2.25. The summed E-state index contributed by atoms with van der Waals surface area (Å²) in [5.41, 5.74) is 0.684. The molecule has 0 aromatic heterocycles. The normalized spacial score (nSPS) is 12.2. The van der Waals surface area contributed by atoms with Crippen LogP contribution in [0, 0.1) is 5.82 Å². The van der Waals surface area contributed by atoms with Crippen LogP contribution in [0.15, 0.2) is 93.5 Å². The first-order chi connectivity index (χ1) is 14.2. The second-order valence-corrected chi connectivity index (χ2v) is 10.6. The second-order valence-electron chi connectivity index (χ2n) is 6.67. The van der Waals surface area contributed by atoms with Gasteiger partial charge in [0.15, 0.2) is 0 Å². The van der Waals surface area contributed by atoms with E-state index >= 15 is 0 Å². The molecule has 0 saturated carbocycles. The van der Waals surface area contributed by atoms with Crippen molar-refractivity contribution in [2.45, 2.75) is 28.0 Å². The molecule has 158 valence electrons. The van der Waals surface area contributed by atoms with Crippen LogP contribution in [0.3, 0.4) is 0 Å². The van der Waals surface area contributed by atoms with Crippen molar-refractivity contribution in [1.82, 2.24) is 4.31 Å². The number of hydrogen-bond donors (Lipinski definition) is 0. The van der Waals surface area contributed by atoms with Crippen molar-refractivity contribution in [3.8, 4) is 0 Å². The van der Waals surface area contributed by atoms with Crippen molar-refractivity contribution >= 4 is 19.9 Å². The van der Waals surface area contributed by atoms with Gasteiger partial charge in [-0.1, -0.05) is 43.3 Å². The lowest BCUT2D eigenvalue weighted by molar-refractivity contribution is 0.430. The first kappa shape index (κ1) is 22.1. The minimum absolute atomic E-state index is 0.0871. The van der Waals surface area contributed by atoms with Gasteiger partial charge in [0, 0.05) is 13.1 Å². The number of nitrogens with zero attached hydrogens (tertiary/aromatic N) is 1. The fourth-order valence-corrected chi connectivity index (χ4v) is 5.98. The molecule has 3 aromatic carbocycles. The van der Waals surface area contributed by atoms with Gasteiger partial charge >= 0.3 is 0 Å². The summed E-state index contributed by atoms with van der Waals surface area (Å²) >= 11 is 0. The summed E-state index contributed by atoms with van der Waals surface area (Å²) in [5, 5.41) is 0. The zero-order valence-electron chi connectivity index (χ0n) is 16.4. The van der Waals surface area contributed by atoms with E-state index in [2.05, 4.69) is 0 Å². The summed E-state index contributed by atoms with van der Waals surface area (Å²) in [6.07, 6.45) is 0.340. The standard InChI is InChI=1S/C22H22FNO4S2/c1-2-24(15-14-18-8-6-9-19(23)16-18)30(27,28)22-13-7-12-21(17-22)29(25,26)20-10-4-3-5-11-20/h3-13,16-17H,2,14-15H2,1H3. The van der Waals surface area contributed by atoms with E-state index < -0.39 is 19.9 Å². The van der Waals surface area contributed by atoms with Crippen molar-refractivity contribution in [1.29, 1.82) is 0 Å². The molecule has 0 saturated heterocycles. The third-order valence-corrected chi connectivity index (χ3v) is 8.44. The molecule has 8 heteroatoms. The predicted octanol–water partition coefficient (Wildman–Crippen LogP) is 3.91. The van der Waals surface area contributed by atoms with Crippen LogP contribution < -0.4 is 0 Å². The fraction of sp³-hybridized carbons (Fsp3) is 0.182. The van der Waals surface area contributed by atoms with Crippen molar-refractivity contribution in [3.63, 3.8) is 0 Å². The number of rotatable bonds is 8. The van der Waals surface area contributed by atoms with Gasteiger partial charge in [-0.05, 0) is 54.4 Å². The molecule has 0 fully saturated rings. The van der Waals surface area contributed by atoms with Crippen LogP contribution in [0.25, 0.3) is 0 Å². The number of likely N-dealkylation sites (N-methyl/N-ethyl adjacent to an activating group) is 1. The smallest absolute Gasteiger partial charge is 0.219 e. The highest BCUT2D eigenvalue weighted by molar-refractivity contribution is 7.91. The Bertz CT molecular complexity index is 1230. The van der Waals surface area contributed by atoms with Crippen molar-refractivity contribution in [2.75, 3.05) is 13.1 Å². The van der Waals surface area contributed by atoms with Crippen molar-refractivity contribution < 1.29 is 21.2 Å². The summed E-state index contributed by atoms with van der Waals surface area (Å²) in [7, 11) is -7.76. The number of hydrogen-bond acceptors (Lipinski definition) is 4. The average molecular weight is 448 g/mol. The number of halogens is 1. The molecule has 30 heavy (non-hydrogen) atoms. The Kier molecular flexibility index (Phi) is 6.70. The Morgan fingerprint density at radius 3 is 2.07 bits per heavy atom. The lowest BCUT2D eigenvalue weighted by Crippen LogP contribution is -2.33. The van der Waals surface area contributed by atoms with Gasteiger partial charge in [0.2, 0.25) is 19.9 Å². The van der Waals surface area contributed by atoms with Crippen LogP contribution in [0.4, 0.5) is 4.39 Å². The summed E-state index contributed by atoms with van der Waals surface area (Å²) in [6, 6.07) is 19.2. The number of benzene rings is 3. The molecule has 0 heterocycles. The molecule has 0 aliphatic rings. The van der Waals surface area contributed by atoms with Gasteiger partial charge < -0.3 is 0 Å². The summed E-state index contributed by atoms with van der Waals surface area (Å²) < 4.78 is 66.6. The Morgan fingerprint density at radius 2 is 1.40 bits per heavy atom. The predicted molar refractivity (Wildman–Crippen MR) is 113 cm³/mol. The maximum absolute atomic E-state index is 13.4. The SMILES string of the molecule is CCN(CCc1cccc(F)c1)S(=O)(=O)c1cccc(S(=O)(=O)c2ccccc2)c1. The van der Waals surface area contributed by atoms with Gasteiger partial charge in [-0.15, -0.1) is 0 Å². The van der Waals surface area contributed by atoms with Crippen LogP contribution in [-0.4, -0.2) is 34.2 Å². The van der Waals surface area contributed by atoms with E-state index in [1.807, 2.05) is 0 Å². The Hall–Kier alpha value is -2.55. The Labute approximate surface area is 176 Å². The second kappa shape index (κ2) is 9.07. The fourth-order valence-electron chi connectivity index (χ4n) is 3.08. The Balaban J connectivity index is 1.89. The van der Waals surface area contributed by atoms with Crippen LogP contribution in [-0.2, 0) is 26.3 Å². The zero-order valence-corrected chi connectivity index (χ0v) is 18.0. The van der Waals surface area contributed by atoms with Crippen LogP contribution >= 0.6 is 0 Å². The molecule has 3 rings (SSSR count). The van der Waals surface area contributed by atoms with E-state index in [-0.39, 0.29) is 33.6 Å². The molecule has 0 N–H and O–H groups in total. The minimum atomic E-state index is -3.92. The Morgan fingerprint density at radius 1 is 0.767 bits per heavy atom. The third-order valence-electron chi connectivity index (χ3n) is 4.70. The molecule has 0 amide bonds. The molecule has 0 atom stereocenters. The highest BCUT2D eigenvalue weighted by Gasteiger charge is 2.25. The van der Waals surface area contributed by atoms with E-state index in [1.54, 1.807) is 37.3 Å². The topological polar surface area (TPSA) is 71.5 Å². The van der Waals surface area contributed by atoms with Crippen LogP contribution in [0.1, 0.15) is 12.5 Å². The summed E-state index contributed by atoms with van der Waals surface area (Å²) in [4.78, 5) is -0.0884. The van der Waals surface area contributed by atoms with Gasteiger partial charge in [-0.25, -0.2) is 21.2 Å². The quantitative estimate of drug-likeness (QED) is 0.525. The van der Waals surface area contributed by atoms with Gasteiger partial charge in [-0.3, -0.25) is 0 Å². The molecule has 0 aliphatic heterocycles. The first-order valence-corrected chi connectivity index (χ1v) is 12.3. The van der Waals surface area contributed by atoms with E-state index in [4.69, 9.17) is 0 Å². The van der Waals surface area contributed by atoms with Gasteiger partial charge in [-0.2, -0.15) is 4.31 Å².